The van der Waals surface area contributed by atoms with E-state index in [4.69, 9.17) is 23.2 Å². The number of alkyl halides is 1. The van der Waals surface area contributed by atoms with E-state index in [2.05, 4.69) is 4.98 Å². The van der Waals surface area contributed by atoms with E-state index in [0.717, 1.165) is 11.4 Å². The lowest BCUT2D eigenvalue weighted by atomic mass is 10.3. The summed E-state index contributed by atoms with van der Waals surface area (Å²) < 4.78 is 0. The molecule has 0 unspecified atom stereocenters. The van der Waals surface area contributed by atoms with E-state index in [1.165, 1.54) is 0 Å². The van der Waals surface area contributed by atoms with Gasteiger partial charge in [-0.1, -0.05) is 11.6 Å². The van der Waals surface area contributed by atoms with Crippen LogP contribution < -0.4 is 4.90 Å². The Morgan fingerprint density at radius 2 is 2.17 bits per heavy atom. The van der Waals surface area contributed by atoms with Crippen molar-refractivity contribution in [3.05, 3.63) is 23.0 Å². The highest BCUT2D eigenvalue weighted by molar-refractivity contribution is 6.33. The van der Waals surface area contributed by atoms with Gasteiger partial charge in [-0.2, -0.15) is 0 Å². The van der Waals surface area contributed by atoms with E-state index >= 15 is 0 Å². The number of hydrogen-bond donors (Lipinski definition) is 0. The topological polar surface area (TPSA) is 16.1 Å². The zero-order valence-electron chi connectivity index (χ0n) is 7.01. The molecule has 0 saturated heterocycles. The monoisotopic (exact) mass is 204 g/mol. The van der Waals surface area contributed by atoms with Gasteiger partial charge in [-0.05, 0) is 6.07 Å². The van der Waals surface area contributed by atoms with Crippen LogP contribution in [0.15, 0.2) is 12.3 Å². The molecule has 1 rings (SSSR count). The van der Waals surface area contributed by atoms with E-state index in [1.54, 1.807) is 6.20 Å². The molecule has 0 N–H and O–H groups in total. The van der Waals surface area contributed by atoms with E-state index in [1.807, 2.05) is 25.1 Å². The highest BCUT2D eigenvalue weighted by atomic mass is 35.5. The van der Waals surface area contributed by atoms with Crippen LogP contribution in [0.4, 0.5) is 5.69 Å². The van der Waals surface area contributed by atoms with Gasteiger partial charge in [0.15, 0.2) is 0 Å². The molecule has 0 bridgehead atoms. The first kappa shape index (κ1) is 9.62. The minimum Gasteiger partial charge on any atom is -0.376 e. The second kappa shape index (κ2) is 3.97. The summed E-state index contributed by atoms with van der Waals surface area (Å²) in [6.07, 6.45) is 1.62. The number of halogens is 2. The molecule has 1 heterocycles. The molecule has 0 spiro atoms. The van der Waals surface area contributed by atoms with Gasteiger partial charge >= 0.3 is 0 Å². The number of hydrogen-bond acceptors (Lipinski definition) is 2. The van der Waals surface area contributed by atoms with E-state index in [0.29, 0.717) is 10.9 Å². The molecule has 0 atom stereocenters. The van der Waals surface area contributed by atoms with Gasteiger partial charge in [0.2, 0.25) is 0 Å². The summed E-state index contributed by atoms with van der Waals surface area (Å²) in [4.78, 5) is 5.98. The maximum atomic E-state index is 5.90. The quantitative estimate of drug-likeness (QED) is 0.689. The molecule has 4 heteroatoms. The Bertz CT molecular complexity index is 274. The molecule has 0 aliphatic carbocycles. The molecule has 1 aromatic heterocycles. The number of nitrogens with zero attached hydrogens (tertiary/aromatic N) is 2. The molecule has 0 aromatic carbocycles. The number of anilines is 1. The number of rotatable bonds is 2. The van der Waals surface area contributed by atoms with Gasteiger partial charge in [0.1, 0.15) is 0 Å². The molecule has 0 radical (unpaired) electrons. The zero-order chi connectivity index (χ0) is 9.14. The zero-order valence-corrected chi connectivity index (χ0v) is 8.52. The predicted molar refractivity (Wildman–Crippen MR) is 53.1 cm³/mol. The fourth-order valence-electron chi connectivity index (χ4n) is 0.886. The van der Waals surface area contributed by atoms with Crippen molar-refractivity contribution in [3.8, 4) is 0 Å². The molecule has 12 heavy (non-hydrogen) atoms. The molecule has 0 fully saturated rings. The van der Waals surface area contributed by atoms with Crippen LogP contribution >= 0.6 is 23.2 Å². The SMILES string of the molecule is CN(C)c1cc(CCl)ncc1Cl. The summed E-state index contributed by atoms with van der Waals surface area (Å²) in [5.41, 5.74) is 1.78. The van der Waals surface area contributed by atoms with Crippen molar-refractivity contribution >= 4 is 28.9 Å². The third-order valence-corrected chi connectivity index (χ3v) is 2.08. The number of pyridine rings is 1. The Labute approximate surface area is 82.1 Å². The van der Waals surface area contributed by atoms with E-state index in [-0.39, 0.29) is 0 Å². The van der Waals surface area contributed by atoms with Crippen molar-refractivity contribution in [1.29, 1.82) is 0 Å². The molecule has 0 aliphatic rings. The van der Waals surface area contributed by atoms with Crippen molar-refractivity contribution in [2.75, 3.05) is 19.0 Å². The van der Waals surface area contributed by atoms with Crippen LogP contribution in [0.1, 0.15) is 5.69 Å². The fourth-order valence-corrected chi connectivity index (χ4v) is 1.30. The van der Waals surface area contributed by atoms with E-state index in [9.17, 15) is 0 Å². The highest BCUT2D eigenvalue weighted by Gasteiger charge is 2.03. The summed E-state index contributed by atoms with van der Waals surface area (Å²) in [5.74, 6) is 0.415. The highest BCUT2D eigenvalue weighted by Crippen LogP contribution is 2.23. The summed E-state index contributed by atoms with van der Waals surface area (Å²) in [6, 6.07) is 1.88. The smallest absolute Gasteiger partial charge is 0.0822 e. The summed E-state index contributed by atoms with van der Waals surface area (Å²) in [6.45, 7) is 0. The molecular formula is C8H10Cl2N2. The maximum Gasteiger partial charge on any atom is 0.0822 e. The minimum absolute atomic E-state index is 0.415. The molecule has 0 aliphatic heterocycles. The summed E-state index contributed by atoms with van der Waals surface area (Å²) in [5, 5.41) is 0.647. The van der Waals surface area contributed by atoms with Crippen LogP contribution in [0.5, 0.6) is 0 Å². The molecule has 0 saturated carbocycles. The molecule has 2 nitrogen and oxygen atoms in total. The standard InChI is InChI=1S/C8H10Cl2N2/c1-12(2)8-3-6(4-9)11-5-7(8)10/h3,5H,4H2,1-2H3. The Kier molecular flexibility index (Phi) is 3.18. The lowest BCUT2D eigenvalue weighted by Crippen LogP contribution is -2.09. The lowest BCUT2D eigenvalue weighted by molar-refractivity contribution is 1.09. The summed E-state index contributed by atoms with van der Waals surface area (Å²) in [7, 11) is 3.86. The average Bonchev–Trinajstić information content (AvgIpc) is 2.05. The predicted octanol–water partition coefficient (Wildman–Crippen LogP) is 2.54. The van der Waals surface area contributed by atoms with Crippen LogP contribution in [0.3, 0.4) is 0 Å². The minimum atomic E-state index is 0.415. The molecule has 0 amide bonds. The van der Waals surface area contributed by atoms with E-state index < -0.39 is 0 Å². The van der Waals surface area contributed by atoms with Crippen molar-refractivity contribution in [1.82, 2.24) is 4.98 Å². The van der Waals surface area contributed by atoms with Crippen molar-refractivity contribution in [2.24, 2.45) is 0 Å². The third kappa shape index (κ3) is 2.02. The fraction of sp³-hybridized carbons (Fsp3) is 0.375. The molecular weight excluding hydrogens is 195 g/mol. The van der Waals surface area contributed by atoms with Crippen LogP contribution in [0.25, 0.3) is 0 Å². The average molecular weight is 205 g/mol. The Hall–Kier alpha value is -0.470. The molecule has 66 valence electrons. The Morgan fingerprint density at radius 3 is 2.67 bits per heavy atom. The van der Waals surface area contributed by atoms with Gasteiger partial charge in [0.25, 0.3) is 0 Å². The van der Waals surface area contributed by atoms with Crippen molar-refractivity contribution in [3.63, 3.8) is 0 Å². The van der Waals surface area contributed by atoms with Crippen LogP contribution in [0, 0.1) is 0 Å². The number of aromatic nitrogens is 1. The normalized spacial score (nSPS) is 10.0. The van der Waals surface area contributed by atoms with Crippen molar-refractivity contribution in [2.45, 2.75) is 5.88 Å². The largest absolute Gasteiger partial charge is 0.376 e. The van der Waals surface area contributed by atoms with Gasteiger partial charge < -0.3 is 4.90 Å². The van der Waals surface area contributed by atoms with Gasteiger partial charge in [-0.3, -0.25) is 4.98 Å². The van der Waals surface area contributed by atoms with Gasteiger partial charge in [0.05, 0.1) is 22.3 Å². The lowest BCUT2D eigenvalue weighted by Gasteiger charge is -2.14. The van der Waals surface area contributed by atoms with Crippen LogP contribution in [-0.4, -0.2) is 19.1 Å². The second-order valence-electron chi connectivity index (χ2n) is 2.66. The first-order valence-corrected chi connectivity index (χ1v) is 4.44. The maximum absolute atomic E-state index is 5.90. The van der Waals surface area contributed by atoms with Gasteiger partial charge in [-0.25, -0.2) is 0 Å². The van der Waals surface area contributed by atoms with Gasteiger partial charge in [0, 0.05) is 20.3 Å². The Balaban J connectivity index is 3.08. The van der Waals surface area contributed by atoms with Gasteiger partial charge in [-0.15, -0.1) is 11.6 Å². The Morgan fingerprint density at radius 1 is 1.50 bits per heavy atom. The third-order valence-electron chi connectivity index (χ3n) is 1.51. The van der Waals surface area contributed by atoms with Crippen molar-refractivity contribution < 1.29 is 0 Å². The molecule has 1 aromatic rings. The second-order valence-corrected chi connectivity index (χ2v) is 3.33. The van der Waals surface area contributed by atoms with Crippen LogP contribution in [0.2, 0.25) is 5.02 Å². The summed E-state index contributed by atoms with van der Waals surface area (Å²) >= 11 is 11.5. The first-order chi connectivity index (χ1) is 5.65. The van der Waals surface area contributed by atoms with Crippen LogP contribution in [-0.2, 0) is 5.88 Å². The first-order valence-electron chi connectivity index (χ1n) is 3.53.